The third-order valence-corrected chi connectivity index (χ3v) is 3.16. The number of rotatable bonds is 2. The number of ether oxygens (including phenoxy) is 1. The van der Waals surface area contributed by atoms with E-state index in [1.54, 1.807) is 6.26 Å². The van der Waals surface area contributed by atoms with Gasteiger partial charge in [-0.25, -0.2) is 4.79 Å². The van der Waals surface area contributed by atoms with E-state index >= 15 is 0 Å². The van der Waals surface area contributed by atoms with Gasteiger partial charge >= 0.3 is 6.09 Å². The Bertz CT molecular complexity index is 448. The molecule has 1 aliphatic heterocycles. The van der Waals surface area contributed by atoms with Crippen molar-refractivity contribution in [2.24, 2.45) is 0 Å². The summed E-state index contributed by atoms with van der Waals surface area (Å²) in [6.45, 7) is 8.38. The van der Waals surface area contributed by atoms with Gasteiger partial charge in [0.15, 0.2) is 0 Å². The first-order valence-corrected chi connectivity index (χ1v) is 6.64. The lowest BCUT2D eigenvalue weighted by atomic mass is 10.0. The average molecular weight is 266 g/mol. The van der Waals surface area contributed by atoms with Crippen LogP contribution in [0.2, 0.25) is 0 Å². The molecule has 5 nitrogen and oxygen atoms in total. The van der Waals surface area contributed by atoms with Crippen LogP contribution in [0, 0.1) is 6.92 Å². The molecule has 0 spiro atoms. The number of aryl methyl sites for hydroxylation is 1. The quantitative estimate of drug-likeness (QED) is 0.863. The van der Waals surface area contributed by atoms with Crippen molar-refractivity contribution in [3.8, 4) is 0 Å². The molecule has 2 rings (SSSR count). The van der Waals surface area contributed by atoms with Crippen molar-refractivity contribution in [1.82, 2.24) is 10.6 Å². The maximum Gasteiger partial charge on any atom is 0.407 e. The van der Waals surface area contributed by atoms with E-state index in [2.05, 4.69) is 10.6 Å². The van der Waals surface area contributed by atoms with Gasteiger partial charge in [0.25, 0.3) is 0 Å². The van der Waals surface area contributed by atoms with Crippen molar-refractivity contribution >= 4 is 6.09 Å². The van der Waals surface area contributed by atoms with Gasteiger partial charge in [-0.15, -0.1) is 0 Å². The van der Waals surface area contributed by atoms with E-state index in [1.807, 2.05) is 33.8 Å². The molecule has 2 N–H and O–H groups in total. The lowest BCUT2D eigenvalue weighted by Crippen LogP contribution is -2.41. The summed E-state index contributed by atoms with van der Waals surface area (Å²) in [7, 11) is 0. The number of furan rings is 1. The lowest BCUT2D eigenvalue weighted by Gasteiger charge is -2.24. The first-order chi connectivity index (χ1) is 8.87. The minimum atomic E-state index is -0.475. The Morgan fingerprint density at radius 1 is 1.53 bits per heavy atom. The van der Waals surface area contributed by atoms with Crippen LogP contribution in [0.25, 0.3) is 0 Å². The number of carbonyl (C=O) groups is 1. The molecule has 0 aliphatic carbocycles. The number of nitrogens with one attached hydrogen (secondary N) is 2. The molecule has 1 saturated heterocycles. The van der Waals surface area contributed by atoms with Crippen LogP contribution < -0.4 is 10.6 Å². The minimum Gasteiger partial charge on any atom is -0.469 e. The fourth-order valence-corrected chi connectivity index (χ4v) is 2.36. The van der Waals surface area contributed by atoms with Crippen LogP contribution in [0.3, 0.4) is 0 Å². The fourth-order valence-electron chi connectivity index (χ4n) is 2.36. The second-order valence-electron chi connectivity index (χ2n) is 5.91. The SMILES string of the molecule is Cc1occc1[C@@H]1NCC[C@H]1NC(=O)OC(C)(C)C. The zero-order valence-electron chi connectivity index (χ0n) is 11.9. The van der Waals surface area contributed by atoms with Gasteiger partial charge in [0, 0.05) is 5.56 Å². The minimum absolute atomic E-state index is 0.0335. The predicted molar refractivity (Wildman–Crippen MR) is 72.0 cm³/mol. The van der Waals surface area contributed by atoms with Crippen molar-refractivity contribution in [3.05, 3.63) is 23.7 Å². The molecule has 106 valence electrons. The molecule has 1 amide bonds. The average Bonchev–Trinajstić information content (AvgIpc) is 2.83. The van der Waals surface area contributed by atoms with E-state index in [4.69, 9.17) is 9.15 Å². The van der Waals surface area contributed by atoms with Crippen LogP contribution in [0.4, 0.5) is 4.79 Å². The Labute approximate surface area is 113 Å². The first kappa shape index (κ1) is 13.9. The van der Waals surface area contributed by atoms with Gasteiger partial charge in [-0.05, 0) is 46.7 Å². The van der Waals surface area contributed by atoms with Gasteiger partial charge in [0.2, 0.25) is 0 Å². The Morgan fingerprint density at radius 3 is 2.84 bits per heavy atom. The first-order valence-electron chi connectivity index (χ1n) is 6.64. The normalized spacial score (nSPS) is 23.4. The number of hydrogen-bond donors (Lipinski definition) is 2. The number of amides is 1. The van der Waals surface area contributed by atoms with E-state index in [9.17, 15) is 4.79 Å². The number of carbonyl (C=O) groups excluding carboxylic acids is 1. The summed E-state index contributed by atoms with van der Waals surface area (Å²) < 4.78 is 10.6. The van der Waals surface area contributed by atoms with Crippen molar-refractivity contribution in [2.75, 3.05) is 6.54 Å². The Hall–Kier alpha value is -1.49. The van der Waals surface area contributed by atoms with Crippen LogP contribution in [0.1, 0.15) is 44.6 Å². The van der Waals surface area contributed by atoms with Crippen molar-refractivity contribution < 1.29 is 13.9 Å². The second-order valence-corrected chi connectivity index (χ2v) is 5.91. The zero-order chi connectivity index (χ0) is 14.0. The van der Waals surface area contributed by atoms with E-state index in [1.165, 1.54) is 0 Å². The molecule has 1 fully saturated rings. The fraction of sp³-hybridized carbons (Fsp3) is 0.643. The molecule has 5 heteroatoms. The maximum absolute atomic E-state index is 11.8. The Morgan fingerprint density at radius 2 is 2.26 bits per heavy atom. The summed E-state index contributed by atoms with van der Waals surface area (Å²) in [6.07, 6.45) is 2.19. The molecule has 19 heavy (non-hydrogen) atoms. The largest absolute Gasteiger partial charge is 0.469 e. The van der Waals surface area contributed by atoms with Gasteiger partial charge in [0.05, 0.1) is 18.3 Å². The molecule has 0 aromatic carbocycles. The summed E-state index contributed by atoms with van der Waals surface area (Å²) in [5, 5.41) is 6.32. The highest BCUT2D eigenvalue weighted by Crippen LogP contribution is 2.27. The van der Waals surface area contributed by atoms with E-state index < -0.39 is 5.60 Å². The summed E-state index contributed by atoms with van der Waals surface area (Å²) in [4.78, 5) is 11.8. The van der Waals surface area contributed by atoms with Gasteiger partial charge in [0.1, 0.15) is 11.4 Å². The molecular formula is C14H22N2O3. The molecule has 2 atom stereocenters. The molecule has 1 aliphatic rings. The van der Waals surface area contributed by atoms with Crippen molar-refractivity contribution in [3.63, 3.8) is 0 Å². The highest BCUT2D eigenvalue weighted by Gasteiger charge is 2.32. The number of hydrogen-bond acceptors (Lipinski definition) is 4. The van der Waals surface area contributed by atoms with Crippen LogP contribution in [0.5, 0.6) is 0 Å². The van der Waals surface area contributed by atoms with Crippen molar-refractivity contribution in [1.29, 1.82) is 0 Å². The van der Waals surface area contributed by atoms with E-state index in [0.29, 0.717) is 0 Å². The number of alkyl carbamates (subject to hydrolysis) is 1. The standard InChI is InChI=1S/C14H22N2O3/c1-9-10(6-8-18-9)12-11(5-7-15-12)16-13(17)19-14(2,3)4/h6,8,11-12,15H,5,7H2,1-4H3,(H,16,17)/t11-,12+/m1/s1. The third kappa shape index (κ3) is 3.50. The van der Waals surface area contributed by atoms with Gasteiger partial charge in [-0.2, -0.15) is 0 Å². The molecule has 1 aromatic heterocycles. The topological polar surface area (TPSA) is 63.5 Å². The Balaban J connectivity index is 2.00. The Kier molecular flexibility index (Phi) is 3.85. The second kappa shape index (κ2) is 5.25. The molecule has 1 aromatic rings. The summed E-state index contributed by atoms with van der Waals surface area (Å²) in [6, 6.07) is 2.07. The maximum atomic E-state index is 11.8. The third-order valence-electron chi connectivity index (χ3n) is 3.16. The molecule has 0 radical (unpaired) electrons. The zero-order valence-corrected chi connectivity index (χ0v) is 11.9. The van der Waals surface area contributed by atoms with E-state index in [-0.39, 0.29) is 18.2 Å². The van der Waals surface area contributed by atoms with Crippen LogP contribution in [-0.4, -0.2) is 24.3 Å². The molecule has 0 unspecified atom stereocenters. The molecule has 2 heterocycles. The summed E-state index contributed by atoms with van der Waals surface area (Å²) in [5.74, 6) is 0.885. The van der Waals surface area contributed by atoms with Crippen LogP contribution in [-0.2, 0) is 4.74 Å². The molecule has 0 saturated carbocycles. The molecular weight excluding hydrogens is 244 g/mol. The summed E-state index contributed by atoms with van der Waals surface area (Å²) in [5.41, 5.74) is 0.621. The highest BCUT2D eigenvalue weighted by molar-refractivity contribution is 5.68. The smallest absolute Gasteiger partial charge is 0.407 e. The van der Waals surface area contributed by atoms with Crippen LogP contribution >= 0.6 is 0 Å². The monoisotopic (exact) mass is 266 g/mol. The van der Waals surface area contributed by atoms with Gasteiger partial charge < -0.3 is 19.8 Å². The van der Waals surface area contributed by atoms with E-state index in [0.717, 1.165) is 24.3 Å². The highest BCUT2D eigenvalue weighted by atomic mass is 16.6. The summed E-state index contributed by atoms with van der Waals surface area (Å²) >= 11 is 0. The van der Waals surface area contributed by atoms with Gasteiger partial charge in [-0.1, -0.05) is 0 Å². The van der Waals surface area contributed by atoms with Crippen LogP contribution in [0.15, 0.2) is 16.7 Å². The van der Waals surface area contributed by atoms with Gasteiger partial charge in [-0.3, -0.25) is 0 Å². The lowest BCUT2D eigenvalue weighted by molar-refractivity contribution is 0.0500. The predicted octanol–water partition coefficient (Wildman–Crippen LogP) is 2.52. The molecule has 0 bridgehead atoms. The van der Waals surface area contributed by atoms with Crippen molar-refractivity contribution in [2.45, 2.75) is 51.8 Å².